The van der Waals surface area contributed by atoms with Gasteiger partial charge in [0.2, 0.25) is 0 Å². The predicted octanol–water partition coefficient (Wildman–Crippen LogP) is 0.477. The highest BCUT2D eigenvalue weighted by molar-refractivity contribution is 7.80. The summed E-state index contributed by atoms with van der Waals surface area (Å²) in [5.41, 5.74) is 17.8. The lowest BCUT2D eigenvalue weighted by atomic mass is 9.74. The fourth-order valence-electron chi connectivity index (χ4n) is 4.96. The maximum Gasteiger partial charge on any atom is 0.418 e. The number of fused-ring (bicyclic) bond motifs is 1. The third kappa shape index (κ3) is 8.41. The minimum atomic E-state index is -4.92. The molecule has 240 valence electrons. The quantitative estimate of drug-likeness (QED) is 0.0512. The summed E-state index contributed by atoms with van der Waals surface area (Å²) in [5.74, 6) is -1.51. The molecule has 1 saturated heterocycles. The number of benzene rings is 1. The van der Waals surface area contributed by atoms with Crippen LogP contribution in [0.3, 0.4) is 0 Å². The van der Waals surface area contributed by atoms with Crippen molar-refractivity contribution in [1.82, 2.24) is 14.9 Å². The van der Waals surface area contributed by atoms with Gasteiger partial charge in [0.05, 0.1) is 11.5 Å². The number of aliphatic imine (C=N–C) groups is 1. The monoisotopic (exact) mass is 652 g/mol. The molecule has 1 aromatic carbocycles. The van der Waals surface area contributed by atoms with Gasteiger partial charge in [0.15, 0.2) is 29.2 Å². The zero-order valence-corrected chi connectivity index (χ0v) is 26.0. The van der Waals surface area contributed by atoms with Crippen molar-refractivity contribution in [2.24, 2.45) is 27.5 Å². The molecule has 2 aromatic rings. The van der Waals surface area contributed by atoms with Crippen LogP contribution < -0.4 is 21.9 Å². The van der Waals surface area contributed by atoms with Gasteiger partial charge < -0.3 is 26.8 Å². The third-order valence-electron chi connectivity index (χ3n) is 7.26. The molecule has 0 spiro atoms. The Kier molecular flexibility index (Phi) is 10.4. The minimum absolute atomic E-state index is 0.0148. The van der Waals surface area contributed by atoms with Crippen molar-refractivity contribution in [2.45, 2.75) is 45.2 Å². The summed E-state index contributed by atoms with van der Waals surface area (Å²) in [5, 5.41) is 6.23. The van der Waals surface area contributed by atoms with Gasteiger partial charge in [-0.3, -0.25) is 24.0 Å². The van der Waals surface area contributed by atoms with E-state index in [0.29, 0.717) is 17.4 Å². The van der Waals surface area contributed by atoms with Gasteiger partial charge in [-0.15, -0.1) is 15.6 Å². The van der Waals surface area contributed by atoms with Crippen LogP contribution in [0.15, 0.2) is 33.7 Å². The molecule has 0 saturated carbocycles. The molecule has 1 amide bonds. The normalized spacial score (nSPS) is 18.3. The molecule has 2 aliphatic rings. The van der Waals surface area contributed by atoms with Crippen molar-refractivity contribution in [1.29, 1.82) is 0 Å². The summed E-state index contributed by atoms with van der Waals surface area (Å²) in [7, 11) is -4.92. The zero-order chi connectivity index (χ0) is 32.1. The number of amides is 1. The Balaban J connectivity index is 1.30. The largest absolute Gasteiger partial charge is 0.490 e. The molecule has 2 aliphatic heterocycles. The number of hydrogen-bond donors (Lipinski definition) is 4. The summed E-state index contributed by atoms with van der Waals surface area (Å²) in [6, 6.07) is 5.94. The maximum atomic E-state index is 13.2. The molecule has 18 heteroatoms. The fraction of sp³-hybridized carbons (Fsp3) is 0.500. The summed E-state index contributed by atoms with van der Waals surface area (Å²) in [6.45, 7) is 6.42. The van der Waals surface area contributed by atoms with Crippen LogP contribution in [0, 0.1) is 5.92 Å². The zero-order valence-electron chi connectivity index (χ0n) is 24.3. The van der Waals surface area contributed by atoms with Crippen LogP contribution in [0.25, 0.3) is 0 Å². The first kappa shape index (κ1) is 33.1. The van der Waals surface area contributed by atoms with Crippen molar-refractivity contribution in [3.63, 3.8) is 0 Å². The van der Waals surface area contributed by atoms with E-state index >= 15 is 0 Å². The molecule has 1 aromatic heterocycles. The van der Waals surface area contributed by atoms with E-state index < -0.39 is 33.5 Å². The molecular weight excluding hydrogens is 616 g/mol. The molecular formula is C26H36N8O8S2. The first-order chi connectivity index (χ1) is 20.7. The van der Waals surface area contributed by atoms with Crippen molar-refractivity contribution < 1.29 is 36.4 Å². The minimum Gasteiger partial charge on any atom is -0.490 e. The molecule has 1 atom stereocenters. The number of oxime groups is 1. The number of ether oxygens (including phenoxy) is 1. The predicted molar refractivity (Wildman–Crippen MR) is 162 cm³/mol. The van der Waals surface area contributed by atoms with Gasteiger partial charge in [0, 0.05) is 38.0 Å². The Morgan fingerprint density at radius 1 is 1.25 bits per heavy atom. The van der Waals surface area contributed by atoms with Gasteiger partial charge in [-0.1, -0.05) is 11.2 Å². The van der Waals surface area contributed by atoms with Crippen LogP contribution in [-0.4, -0.2) is 89.7 Å². The molecule has 0 aliphatic carbocycles. The van der Waals surface area contributed by atoms with E-state index in [1.807, 2.05) is 18.2 Å². The number of Topliss-reactive ketones (excluding diaryl/α,β-unsaturated/α-hetero) is 1. The molecule has 0 radical (unpaired) electrons. The summed E-state index contributed by atoms with van der Waals surface area (Å²) >= 11 is 1.10. The van der Waals surface area contributed by atoms with Crippen molar-refractivity contribution in [2.75, 3.05) is 38.6 Å². The Hall–Kier alpha value is -3.84. The van der Waals surface area contributed by atoms with Gasteiger partial charge >= 0.3 is 10.4 Å². The second-order valence-electron chi connectivity index (χ2n) is 10.8. The average Bonchev–Trinajstić information content (AvgIpc) is 3.39. The van der Waals surface area contributed by atoms with Crippen molar-refractivity contribution in [3.05, 3.63) is 40.4 Å². The number of nitrogens with two attached hydrogens (primary N) is 3. The summed E-state index contributed by atoms with van der Waals surface area (Å²) in [6.07, 6.45) is 1.43. The topological polar surface area (TPSA) is 238 Å². The molecule has 0 unspecified atom stereocenters. The van der Waals surface area contributed by atoms with Crippen LogP contribution >= 0.6 is 11.3 Å². The number of anilines is 1. The summed E-state index contributed by atoms with van der Waals surface area (Å²) in [4.78, 5) is 41.6. The van der Waals surface area contributed by atoms with E-state index in [9.17, 15) is 18.0 Å². The van der Waals surface area contributed by atoms with Gasteiger partial charge in [0.1, 0.15) is 18.1 Å². The lowest BCUT2D eigenvalue weighted by molar-refractivity contribution is -0.228. The van der Waals surface area contributed by atoms with E-state index in [4.69, 9.17) is 31.3 Å². The average molecular weight is 653 g/mol. The lowest BCUT2D eigenvalue weighted by Crippen LogP contribution is -2.68. The van der Waals surface area contributed by atoms with Crippen LogP contribution in [0.2, 0.25) is 0 Å². The number of rotatable bonds is 15. The molecule has 4 rings (SSSR count). The summed E-state index contributed by atoms with van der Waals surface area (Å²) < 4.78 is 41.3. The number of aromatic nitrogens is 1. The van der Waals surface area contributed by atoms with E-state index in [1.165, 1.54) is 30.4 Å². The number of nitrogen functional groups attached to an aromatic ring is 1. The number of carbonyl (C=O) groups excluding carboxylic acids is 2. The van der Waals surface area contributed by atoms with Crippen LogP contribution in [0.1, 0.15) is 43.5 Å². The molecule has 44 heavy (non-hydrogen) atoms. The van der Waals surface area contributed by atoms with E-state index in [1.54, 1.807) is 0 Å². The Morgan fingerprint density at radius 3 is 2.68 bits per heavy atom. The Morgan fingerprint density at radius 2 is 2.02 bits per heavy atom. The second-order valence-corrected chi connectivity index (χ2v) is 12.7. The highest BCUT2D eigenvalue weighted by atomic mass is 32.3. The Labute approximate surface area is 258 Å². The molecule has 7 N–H and O–H groups in total. The number of ketones is 1. The lowest BCUT2D eigenvalue weighted by Gasteiger charge is -2.50. The van der Waals surface area contributed by atoms with Gasteiger partial charge in [-0.25, -0.2) is 4.98 Å². The second kappa shape index (κ2) is 13.9. The highest BCUT2D eigenvalue weighted by Gasteiger charge is 2.57. The first-order valence-electron chi connectivity index (χ1n) is 13.7. The Bertz CT molecular complexity index is 1540. The number of hydroxylamine groups is 2. The number of β-lactam (4-membered cyclic amide) rings is 1. The van der Waals surface area contributed by atoms with Gasteiger partial charge in [-0.2, -0.15) is 13.5 Å². The van der Waals surface area contributed by atoms with E-state index in [0.717, 1.165) is 43.8 Å². The molecule has 1 fully saturated rings. The standard InChI is InChI=1S/C26H36N8O8S2/c1-26(2)19(23(36)34(26)42-44(37,38)39)13-21(35)22(20-15-43-25(29)31-20)32-41-11-10-40-18-5-4-17-14-33(9-6-16(17)12-18)8-3-7-30-24(27)28/h4-5,12,15,19H,3,6-11,13-14H2,1-2H3,(H2,29,31)(H4,27,28,30)(H,37,38,39)/b32-22-/t19-/m1/s1. The van der Waals surface area contributed by atoms with E-state index in [-0.39, 0.29) is 42.1 Å². The first-order valence-corrected chi connectivity index (χ1v) is 16.0. The number of guanidine groups is 1. The number of carbonyl (C=O) groups is 2. The van der Waals surface area contributed by atoms with Crippen molar-refractivity contribution in [3.8, 4) is 5.75 Å². The molecule has 3 heterocycles. The van der Waals surface area contributed by atoms with Crippen LogP contribution in [-0.2, 0) is 42.1 Å². The van der Waals surface area contributed by atoms with Gasteiger partial charge in [0.25, 0.3) is 5.91 Å². The fourth-order valence-corrected chi connectivity index (χ4v) is 5.97. The number of nitrogens with zero attached hydrogens (tertiary/aromatic N) is 5. The molecule has 16 nitrogen and oxygen atoms in total. The SMILES string of the molecule is CC1(C)[C@H](CC(=O)/C(=N\OCCOc2ccc3c(c2)CCN(CCCN=C(N)N)C3)c2csc(N)n2)C(=O)N1OS(=O)(=O)O. The maximum absolute atomic E-state index is 13.2. The number of thiazole rings is 1. The van der Waals surface area contributed by atoms with Crippen LogP contribution in [0.4, 0.5) is 5.13 Å². The third-order valence-corrected chi connectivity index (χ3v) is 8.27. The number of hydrogen-bond acceptors (Lipinski definition) is 13. The molecule has 0 bridgehead atoms. The van der Waals surface area contributed by atoms with Crippen LogP contribution in [0.5, 0.6) is 5.75 Å². The van der Waals surface area contributed by atoms with Crippen molar-refractivity contribution >= 4 is 50.2 Å². The smallest absolute Gasteiger partial charge is 0.418 e. The van der Waals surface area contributed by atoms with E-state index in [2.05, 4.69) is 24.3 Å². The van der Waals surface area contributed by atoms with Gasteiger partial charge in [-0.05, 0) is 49.9 Å². The highest BCUT2D eigenvalue weighted by Crippen LogP contribution is 2.40.